The molecule has 0 spiro atoms. The zero-order valence-electron chi connectivity index (χ0n) is 18.9. The first-order valence-corrected chi connectivity index (χ1v) is 10.5. The van der Waals surface area contributed by atoms with Crippen molar-refractivity contribution in [1.29, 1.82) is 0 Å². The molecule has 1 aliphatic rings. The van der Waals surface area contributed by atoms with Gasteiger partial charge in [-0.2, -0.15) is 0 Å². The molecule has 0 aromatic heterocycles. The molecule has 3 aromatic carbocycles. The number of hydrogen-bond donors (Lipinski definition) is 1. The van der Waals surface area contributed by atoms with Crippen molar-refractivity contribution in [2.45, 2.75) is 27.7 Å². The molecule has 1 heterocycles. The van der Waals surface area contributed by atoms with Crippen molar-refractivity contribution in [1.82, 2.24) is 0 Å². The number of benzene rings is 3. The molecule has 3 aromatic rings. The molecule has 0 fully saturated rings. The summed E-state index contributed by atoms with van der Waals surface area (Å²) in [6.45, 7) is 7.86. The summed E-state index contributed by atoms with van der Waals surface area (Å²) in [4.78, 5) is 28.7. The molecular formula is C27H26N2O3. The Morgan fingerprint density at radius 2 is 1.56 bits per heavy atom. The highest BCUT2D eigenvalue weighted by atomic mass is 16.5. The van der Waals surface area contributed by atoms with E-state index in [4.69, 9.17) is 4.74 Å². The minimum atomic E-state index is -0.374. The molecular weight excluding hydrogens is 400 g/mol. The van der Waals surface area contributed by atoms with Gasteiger partial charge >= 0.3 is 0 Å². The Bertz CT molecular complexity index is 1270. The van der Waals surface area contributed by atoms with E-state index in [1.165, 1.54) is 4.90 Å². The summed E-state index contributed by atoms with van der Waals surface area (Å²) in [5.41, 5.74) is 6.60. The molecule has 0 aliphatic carbocycles. The molecule has 1 N–H and O–H groups in total. The highest BCUT2D eigenvalue weighted by Gasteiger charge is 2.41. The fourth-order valence-corrected chi connectivity index (χ4v) is 4.03. The Morgan fingerprint density at radius 1 is 0.812 bits per heavy atom. The highest BCUT2D eigenvalue weighted by molar-refractivity contribution is 6.46. The van der Waals surface area contributed by atoms with Crippen LogP contribution in [-0.4, -0.2) is 18.9 Å². The summed E-state index contributed by atoms with van der Waals surface area (Å²) in [5, 5.41) is 3.21. The Morgan fingerprint density at radius 3 is 2.28 bits per heavy atom. The molecule has 5 nitrogen and oxygen atoms in total. The van der Waals surface area contributed by atoms with Gasteiger partial charge in [0.1, 0.15) is 11.4 Å². The zero-order chi connectivity index (χ0) is 23.0. The van der Waals surface area contributed by atoms with E-state index in [0.717, 1.165) is 27.8 Å². The molecule has 4 rings (SSSR count). The normalized spacial score (nSPS) is 13.7. The fourth-order valence-electron chi connectivity index (χ4n) is 4.03. The average molecular weight is 427 g/mol. The molecule has 0 unspecified atom stereocenters. The number of nitrogens with one attached hydrogen (secondary N) is 1. The number of ether oxygens (including phenoxy) is 1. The second kappa shape index (κ2) is 8.35. The van der Waals surface area contributed by atoms with Gasteiger partial charge in [-0.15, -0.1) is 0 Å². The first kappa shape index (κ1) is 21.4. The second-order valence-electron chi connectivity index (χ2n) is 8.09. The molecule has 32 heavy (non-hydrogen) atoms. The van der Waals surface area contributed by atoms with Gasteiger partial charge in [0.25, 0.3) is 11.8 Å². The molecule has 0 saturated heterocycles. The van der Waals surface area contributed by atoms with Crippen molar-refractivity contribution in [3.63, 3.8) is 0 Å². The number of carbonyl (C=O) groups excluding carboxylic acids is 2. The first-order chi connectivity index (χ1) is 15.3. The predicted octanol–water partition coefficient (Wildman–Crippen LogP) is 5.33. The average Bonchev–Trinajstić information content (AvgIpc) is 3.00. The SMILES string of the molecule is COc1cccc(NC2=C(c3ccc(C)cc3C)C(=O)N(c3cccc(C)c3C)C2=O)c1. The molecule has 0 atom stereocenters. The van der Waals surface area contributed by atoms with Gasteiger partial charge in [-0.1, -0.05) is 42.0 Å². The van der Waals surface area contributed by atoms with Gasteiger partial charge in [0.15, 0.2) is 0 Å². The standard InChI is InChI=1S/C27H26N2O3/c1-16-12-13-22(18(3)14-16)24-25(28-20-9-7-10-21(15-20)32-5)27(31)29(26(24)30)23-11-6-8-17(2)19(23)4/h6-15,28H,1-5H3. The summed E-state index contributed by atoms with van der Waals surface area (Å²) in [6, 6.07) is 18.8. The maximum absolute atomic E-state index is 13.7. The van der Waals surface area contributed by atoms with Gasteiger partial charge in [0.05, 0.1) is 18.4 Å². The Balaban J connectivity index is 1.88. The smallest absolute Gasteiger partial charge is 0.282 e. The van der Waals surface area contributed by atoms with Gasteiger partial charge < -0.3 is 10.1 Å². The minimum absolute atomic E-state index is 0.260. The van der Waals surface area contributed by atoms with Crippen LogP contribution in [0.15, 0.2) is 66.4 Å². The maximum atomic E-state index is 13.7. The van der Waals surface area contributed by atoms with Crippen LogP contribution in [-0.2, 0) is 9.59 Å². The number of carbonyl (C=O) groups is 2. The number of aryl methyl sites for hydroxylation is 3. The van der Waals surface area contributed by atoms with Crippen molar-refractivity contribution >= 4 is 28.8 Å². The van der Waals surface area contributed by atoms with Gasteiger partial charge in [0, 0.05) is 11.8 Å². The van der Waals surface area contributed by atoms with E-state index < -0.39 is 0 Å². The third-order valence-electron chi connectivity index (χ3n) is 5.89. The van der Waals surface area contributed by atoms with E-state index in [0.29, 0.717) is 22.7 Å². The third kappa shape index (κ3) is 3.66. The molecule has 0 saturated carbocycles. The highest BCUT2D eigenvalue weighted by Crippen LogP contribution is 2.37. The Kier molecular flexibility index (Phi) is 5.57. The van der Waals surface area contributed by atoms with Crippen LogP contribution in [0.2, 0.25) is 0 Å². The lowest BCUT2D eigenvalue weighted by Crippen LogP contribution is -2.33. The third-order valence-corrected chi connectivity index (χ3v) is 5.89. The fraction of sp³-hybridized carbons (Fsp3) is 0.185. The lowest BCUT2D eigenvalue weighted by molar-refractivity contribution is -0.120. The van der Waals surface area contributed by atoms with Crippen molar-refractivity contribution < 1.29 is 14.3 Å². The van der Waals surface area contributed by atoms with Crippen LogP contribution in [0.4, 0.5) is 11.4 Å². The number of nitrogens with zero attached hydrogens (tertiary/aromatic N) is 1. The van der Waals surface area contributed by atoms with Crippen LogP contribution in [0, 0.1) is 27.7 Å². The number of hydrogen-bond acceptors (Lipinski definition) is 4. The molecule has 162 valence electrons. The quantitative estimate of drug-likeness (QED) is 0.561. The number of methoxy groups -OCH3 is 1. The number of imide groups is 1. The predicted molar refractivity (Wildman–Crippen MR) is 128 cm³/mol. The van der Waals surface area contributed by atoms with E-state index in [9.17, 15) is 9.59 Å². The van der Waals surface area contributed by atoms with E-state index in [1.54, 1.807) is 13.2 Å². The zero-order valence-corrected chi connectivity index (χ0v) is 18.9. The monoisotopic (exact) mass is 426 g/mol. The van der Waals surface area contributed by atoms with Gasteiger partial charge in [-0.25, -0.2) is 4.90 Å². The lowest BCUT2D eigenvalue weighted by Gasteiger charge is -2.19. The number of anilines is 2. The summed E-state index contributed by atoms with van der Waals surface area (Å²) in [6.07, 6.45) is 0. The van der Waals surface area contributed by atoms with Crippen LogP contribution < -0.4 is 15.0 Å². The summed E-state index contributed by atoms with van der Waals surface area (Å²) in [5.74, 6) is -0.0469. The maximum Gasteiger partial charge on any atom is 0.282 e. The lowest BCUT2D eigenvalue weighted by atomic mass is 9.97. The van der Waals surface area contributed by atoms with Crippen LogP contribution in [0.5, 0.6) is 5.75 Å². The Hall–Kier alpha value is -3.86. The molecule has 2 amide bonds. The van der Waals surface area contributed by atoms with Crippen molar-refractivity contribution in [2.24, 2.45) is 0 Å². The van der Waals surface area contributed by atoms with E-state index in [-0.39, 0.29) is 17.5 Å². The van der Waals surface area contributed by atoms with Gasteiger partial charge in [0.2, 0.25) is 0 Å². The van der Waals surface area contributed by atoms with Crippen LogP contribution >= 0.6 is 0 Å². The summed E-state index contributed by atoms with van der Waals surface area (Å²) < 4.78 is 5.31. The van der Waals surface area contributed by atoms with Gasteiger partial charge in [-0.05, 0) is 68.1 Å². The second-order valence-corrected chi connectivity index (χ2v) is 8.09. The van der Waals surface area contributed by atoms with E-state index in [1.807, 2.05) is 82.3 Å². The van der Waals surface area contributed by atoms with Crippen molar-refractivity contribution in [3.05, 3.63) is 94.2 Å². The van der Waals surface area contributed by atoms with E-state index in [2.05, 4.69) is 5.32 Å². The van der Waals surface area contributed by atoms with Crippen LogP contribution in [0.1, 0.15) is 27.8 Å². The minimum Gasteiger partial charge on any atom is -0.497 e. The largest absolute Gasteiger partial charge is 0.497 e. The number of rotatable bonds is 5. The van der Waals surface area contributed by atoms with Crippen LogP contribution in [0.3, 0.4) is 0 Å². The van der Waals surface area contributed by atoms with Crippen LogP contribution in [0.25, 0.3) is 5.57 Å². The van der Waals surface area contributed by atoms with E-state index >= 15 is 0 Å². The molecule has 0 bridgehead atoms. The van der Waals surface area contributed by atoms with Crippen molar-refractivity contribution in [2.75, 3.05) is 17.3 Å². The van der Waals surface area contributed by atoms with Crippen molar-refractivity contribution in [3.8, 4) is 5.75 Å². The first-order valence-electron chi connectivity index (χ1n) is 10.5. The van der Waals surface area contributed by atoms with Gasteiger partial charge in [-0.3, -0.25) is 9.59 Å². The molecule has 0 radical (unpaired) electrons. The summed E-state index contributed by atoms with van der Waals surface area (Å²) >= 11 is 0. The Labute approximate surface area is 188 Å². The molecule has 5 heteroatoms. The summed E-state index contributed by atoms with van der Waals surface area (Å²) in [7, 11) is 1.59. The molecule has 1 aliphatic heterocycles. The number of amides is 2. The topological polar surface area (TPSA) is 58.6 Å².